The van der Waals surface area contributed by atoms with Crippen molar-refractivity contribution in [2.75, 3.05) is 19.7 Å². The van der Waals surface area contributed by atoms with Crippen molar-refractivity contribution in [2.24, 2.45) is 11.8 Å². The molecule has 2 fully saturated rings. The molecule has 0 aromatic heterocycles. The molecule has 0 saturated carbocycles. The van der Waals surface area contributed by atoms with E-state index in [1.165, 1.54) is 32.2 Å². The van der Waals surface area contributed by atoms with Crippen molar-refractivity contribution in [1.29, 1.82) is 0 Å². The summed E-state index contributed by atoms with van der Waals surface area (Å²) in [5.74, 6) is 6.49. The van der Waals surface area contributed by atoms with Gasteiger partial charge in [0.05, 0.1) is 12.7 Å². The maximum atomic E-state index is 6.02. The molecule has 0 aromatic carbocycles. The van der Waals surface area contributed by atoms with Crippen molar-refractivity contribution >= 4 is 0 Å². The van der Waals surface area contributed by atoms with Crippen LogP contribution in [-0.2, 0) is 4.74 Å². The largest absolute Gasteiger partial charge is 0.374 e. The van der Waals surface area contributed by atoms with E-state index < -0.39 is 0 Å². The van der Waals surface area contributed by atoms with Gasteiger partial charge in [-0.1, -0.05) is 26.7 Å². The Kier molecular flexibility index (Phi) is 5.42. The Morgan fingerprint density at radius 3 is 2.94 bits per heavy atom. The van der Waals surface area contributed by atoms with E-state index in [-0.39, 0.29) is 6.10 Å². The lowest BCUT2D eigenvalue weighted by Gasteiger charge is -2.38. The first-order valence-corrected chi connectivity index (χ1v) is 7.52. The molecule has 4 heteroatoms. The van der Waals surface area contributed by atoms with E-state index in [2.05, 4.69) is 24.2 Å². The fraction of sp³-hybridized carbons (Fsp3) is 1.00. The van der Waals surface area contributed by atoms with Crippen LogP contribution in [0.25, 0.3) is 0 Å². The molecule has 2 heterocycles. The SMILES string of the molecule is CC(C)CCCC(NN)C1CN2CCCC2CO1. The minimum Gasteiger partial charge on any atom is -0.374 e. The van der Waals surface area contributed by atoms with E-state index in [1.807, 2.05) is 0 Å². The topological polar surface area (TPSA) is 50.5 Å². The van der Waals surface area contributed by atoms with Crippen LogP contribution in [0, 0.1) is 5.92 Å². The fourth-order valence-corrected chi connectivity index (χ4v) is 3.21. The normalized spacial score (nSPS) is 30.7. The fourth-order valence-electron chi connectivity index (χ4n) is 3.21. The van der Waals surface area contributed by atoms with Crippen LogP contribution in [-0.4, -0.2) is 42.8 Å². The minimum atomic E-state index is 0.275. The van der Waals surface area contributed by atoms with Crippen molar-refractivity contribution in [2.45, 2.75) is 64.1 Å². The van der Waals surface area contributed by atoms with E-state index >= 15 is 0 Å². The molecule has 2 rings (SSSR count). The number of hydrogen-bond donors (Lipinski definition) is 2. The van der Waals surface area contributed by atoms with Gasteiger partial charge in [-0.15, -0.1) is 0 Å². The molecule has 2 saturated heterocycles. The van der Waals surface area contributed by atoms with Gasteiger partial charge in [0.25, 0.3) is 0 Å². The average Bonchev–Trinajstić information content (AvgIpc) is 2.81. The van der Waals surface area contributed by atoms with Gasteiger partial charge < -0.3 is 4.74 Å². The zero-order valence-corrected chi connectivity index (χ0v) is 11.9. The first-order chi connectivity index (χ1) is 8.70. The summed E-state index contributed by atoms with van der Waals surface area (Å²) < 4.78 is 6.02. The summed E-state index contributed by atoms with van der Waals surface area (Å²) in [6.45, 7) is 7.75. The van der Waals surface area contributed by atoms with Gasteiger partial charge >= 0.3 is 0 Å². The number of nitrogens with two attached hydrogens (primary N) is 1. The van der Waals surface area contributed by atoms with E-state index in [4.69, 9.17) is 10.6 Å². The van der Waals surface area contributed by atoms with Gasteiger partial charge in [-0.2, -0.15) is 0 Å². The van der Waals surface area contributed by atoms with E-state index in [0.717, 1.165) is 25.5 Å². The predicted octanol–water partition coefficient (Wildman–Crippen LogP) is 1.51. The highest BCUT2D eigenvalue weighted by atomic mass is 16.5. The second-order valence-corrected chi connectivity index (χ2v) is 6.26. The van der Waals surface area contributed by atoms with Crippen molar-refractivity contribution in [3.05, 3.63) is 0 Å². The molecule has 3 N–H and O–H groups in total. The molecule has 2 aliphatic rings. The number of fused-ring (bicyclic) bond motifs is 1. The molecule has 0 aromatic rings. The number of ether oxygens (including phenoxy) is 1. The smallest absolute Gasteiger partial charge is 0.0868 e. The summed E-state index contributed by atoms with van der Waals surface area (Å²) in [6.07, 6.45) is 6.54. The predicted molar refractivity (Wildman–Crippen MR) is 74.1 cm³/mol. The molecular weight excluding hydrogens is 226 g/mol. The zero-order valence-electron chi connectivity index (χ0n) is 11.9. The molecule has 0 amide bonds. The molecule has 0 spiro atoms. The van der Waals surface area contributed by atoms with Gasteiger partial charge in [0.15, 0.2) is 0 Å². The van der Waals surface area contributed by atoms with Crippen LogP contribution in [0.4, 0.5) is 0 Å². The Balaban J connectivity index is 1.77. The van der Waals surface area contributed by atoms with Crippen LogP contribution < -0.4 is 11.3 Å². The molecule has 3 atom stereocenters. The average molecular weight is 255 g/mol. The third-order valence-corrected chi connectivity index (χ3v) is 4.38. The quantitative estimate of drug-likeness (QED) is 0.558. The van der Waals surface area contributed by atoms with Crippen LogP contribution in [0.5, 0.6) is 0 Å². The molecule has 3 unspecified atom stereocenters. The third-order valence-electron chi connectivity index (χ3n) is 4.38. The Bertz CT molecular complexity index is 247. The second-order valence-electron chi connectivity index (χ2n) is 6.26. The first-order valence-electron chi connectivity index (χ1n) is 7.52. The molecule has 0 bridgehead atoms. The minimum absolute atomic E-state index is 0.275. The lowest BCUT2D eigenvalue weighted by Crippen LogP contribution is -2.55. The molecule has 4 nitrogen and oxygen atoms in total. The monoisotopic (exact) mass is 255 g/mol. The van der Waals surface area contributed by atoms with Gasteiger partial charge in [0.1, 0.15) is 0 Å². The molecule has 2 aliphatic heterocycles. The van der Waals surface area contributed by atoms with Crippen molar-refractivity contribution in [3.8, 4) is 0 Å². The van der Waals surface area contributed by atoms with Crippen molar-refractivity contribution < 1.29 is 4.74 Å². The maximum Gasteiger partial charge on any atom is 0.0868 e. The van der Waals surface area contributed by atoms with Crippen LogP contribution in [0.1, 0.15) is 46.0 Å². The number of nitrogens with zero attached hydrogens (tertiary/aromatic N) is 1. The Morgan fingerprint density at radius 2 is 2.22 bits per heavy atom. The van der Waals surface area contributed by atoms with Crippen molar-refractivity contribution in [3.63, 3.8) is 0 Å². The lowest BCUT2D eigenvalue weighted by atomic mass is 9.99. The maximum absolute atomic E-state index is 6.02. The number of morpholine rings is 1. The van der Waals surface area contributed by atoms with E-state index in [1.54, 1.807) is 0 Å². The zero-order chi connectivity index (χ0) is 13.0. The number of hydrogen-bond acceptors (Lipinski definition) is 4. The van der Waals surface area contributed by atoms with Crippen LogP contribution in [0.15, 0.2) is 0 Å². The number of rotatable bonds is 6. The first kappa shape index (κ1) is 14.3. The number of nitrogens with one attached hydrogen (secondary N) is 1. The van der Waals surface area contributed by atoms with Gasteiger partial charge in [0, 0.05) is 18.6 Å². The second kappa shape index (κ2) is 6.85. The Morgan fingerprint density at radius 1 is 1.39 bits per heavy atom. The van der Waals surface area contributed by atoms with Gasteiger partial charge in [-0.25, -0.2) is 0 Å². The summed E-state index contributed by atoms with van der Waals surface area (Å²) in [6, 6.07) is 0.987. The molecule has 0 radical (unpaired) electrons. The molecular formula is C14H29N3O. The highest BCUT2D eigenvalue weighted by molar-refractivity contribution is 4.89. The summed E-state index contributed by atoms with van der Waals surface area (Å²) in [5.41, 5.74) is 2.97. The highest BCUT2D eigenvalue weighted by Crippen LogP contribution is 2.24. The van der Waals surface area contributed by atoms with Crippen LogP contribution >= 0.6 is 0 Å². The van der Waals surface area contributed by atoms with E-state index in [9.17, 15) is 0 Å². The standard InChI is InChI=1S/C14H29N3O/c1-11(2)5-3-7-13(16-15)14-9-17-8-4-6-12(17)10-18-14/h11-14,16H,3-10,15H2,1-2H3. The van der Waals surface area contributed by atoms with E-state index in [0.29, 0.717) is 12.1 Å². The molecule has 18 heavy (non-hydrogen) atoms. The highest BCUT2D eigenvalue weighted by Gasteiger charge is 2.35. The molecule has 106 valence electrons. The van der Waals surface area contributed by atoms with Gasteiger partial charge in [-0.3, -0.25) is 16.2 Å². The van der Waals surface area contributed by atoms with Crippen LogP contribution in [0.3, 0.4) is 0 Å². The Labute approximate surface area is 111 Å². The molecule has 0 aliphatic carbocycles. The third kappa shape index (κ3) is 3.67. The number of hydrazine groups is 1. The summed E-state index contributed by atoms with van der Waals surface area (Å²) in [7, 11) is 0. The lowest BCUT2D eigenvalue weighted by molar-refractivity contribution is -0.0660. The van der Waals surface area contributed by atoms with Crippen molar-refractivity contribution in [1.82, 2.24) is 10.3 Å². The van der Waals surface area contributed by atoms with Crippen LogP contribution in [0.2, 0.25) is 0 Å². The Hall–Kier alpha value is -0.160. The summed E-state index contributed by atoms with van der Waals surface area (Å²) >= 11 is 0. The van der Waals surface area contributed by atoms with Gasteiger partial charge in [0.2, 0.25) is 0 Å². The van der Waals surface area contributed by atoms with Gasteiger partial charge in [-0.05, 0) is 31.7 Å². The summed E-state index contributed by atoms with van der Waals surface area (Å²) in [5, 5.41) is 0. The summed E-state index contributed by atoms with van der Waals surface area (Å²) in [4.78, 5) is 2.58.